The Morgan fingerprint density at radius 3 is 2.60 bits per heavy atom. The summed E-state index contributed by atoms with van der Waals surface area (Å²) >= 11 is 0. The fourth-order valence-corrected chi connectivity index (χ4v) is 3.64. The first kappa shape index (κ1) is 21.6. The summed E-state index contributed by atoms with van der Waals surface area (Å²) in [5.41, 5.74) is -0.902. The number of alkyl halides is 3. The fourth-order valence-electron chi connectivity index (χ4n) is 3.64. The lowest BCUT2D eigenvalue weighted by atomic mass is 10.0. The van der Waals surface area contributed by atoms with Crippen molar-refractivity contribution in [2.75, 3.05) is 31.6 Å². The molecule has 0 saturated carbocycles. The largest absolute Gasteiger partial charge is 0.465 e. The van der Waals surface area contributed by atoms with Crippen LogP contribution in [0, 0.1) is 0 Å². The van der Waals surface area contributed by atoms with E-state index in [0.717, 1.165) is 12.1 Å². The number of piperazine rings is 1. The minimum Gasteiger partial charge on any atom is -0.465 e. The zero-order valence-corrected chi connectivity index (χ0v) is 16.2. The summed E-state index contributed by atoms with van der Waals surface area (Å²) in [6, 6.07) is 8.34. The van der Waals surface area contributed by atoms with E-state index >= 15 is 0 Å². The molecular weight excluding hydrogens is 401 g/mol. The molecule has 10 heteroatoms. The predicted octanol–water partition coefficient (Wildman–Crippen LogP) is 3.07. The van der Waals surface area contributed by atoms with Crippen molar-refractivity contribution in [2.24, 2.45) is 0 Å². The number of benzene rings is 1. The molecule has 7 nitrogen and oxygen atoms in total. The molecule has 1 atom stereocenters. The smallest absolute Gasteiger partial charge is 0.416 e. The summed E-state index contributed by atoms with van der Waals surface area (Å²) in [4.78, 5) is 30.2. The van der Waals surface area contributed by atoms with Gasteiger partial charge < -0.3 is 14.8 Å². The van der Waals surface area contributed by atoms with E-state index < -0.39 is 23.5 Å². The molecule has 1 aromatic heterocycles. The Hall–Kier alpha value is -3.14. The van der Waals surface area contributed by atoms with E-state index in [1.165, 1.54) is 17.2 Å². The number of hydrogen-bond donors (Lipinski definition) is 2. The minimum atomic E-state index is -4.43. The summed E-state index contributed by atoms with van der Waals surface area (Å²) < 4.78 is 38.8. The van der Waals surface area contributed by atoms with Gasteiger partial charge in [0.1, 0.15) is 17.8 Å². The predicted molar refractivity (Wildman–Crippen MR) is 104 cm³/mol. The van der Waals surface area contributed by atoms with Gasteiger partial charge in [-0.15, -0.1) is 0 Å². The number of likely N-dealkylation sites (N-methyl/N-ethyl adjacent to an activating group) is 1. The molecule has 1 unspecified atom stereocenters. The van der Waals surface area contributed by atoms with Gasteiger partial charge in [0.05, 0.1) is 12.1 Å². The zero-order valence-electron chi connectivity index (χ0n) is 16.2. The summed E-state index contributed by atoms with van der Waals surface area (Å²) in [7, 11) is 1.59. The molecule has 2 N–H and O–H groups in total. The number of pyridine rings is 1. The highest BCUT2D eigenvalue weighted by atomic mass is 19.4. The van der Waals surface area contributed by atoms with E-state index in [2.05, 4.69) is 10.3 Å². The average Bonchev–Trinajstić information content (AvgIpc) is 2.73. The third kappa shape index (κ3) is 4.23. The molecule has 1 amide bonds. The maximum Gasteiger partial charge on any atom is 0.416 e. The van der Waals surface area contributed by atoms with Gasteiger partial charge in [0.2, 0.25) is 0 Å². The number of anilines is 1. The number of aromatic nitrogens is 1. The van der Waals surface area contributed by atoms with Crippen molar-refractivity contribution in [2.45, 2.75) is 18.3 Å². The molecule has 1 saturated heterocycles. The van der Waals surface area contributed by atoms with E-state index in [1.54, 1.807) is 25.2 Å². The molecule has 30 heavy (non-hydrogen) atoms. The molecule has 0 spiro atoms. The van der Waals surface area contributed by atoms with Crippen LogP contribution < -0.4 is 10.2 Å². The van der Waals surface area contributed by atoms with Crippen LogP contribution >= 0.6 is 0 Å². The van der Waals surface area contributed by atoms with Crippen molar-refractivity contribution in [1.82, 2.24) is 15.2 Å². The second-order valence-corrected chi connectivity index (χ2v) is 6.99. The van der Waals surface area contributed by atoms with Gasteiger partial charge in [-0.1, -0.05) is 12.1 Å². The molecule has 2 aromatic rings. The fraction of sp³-hybridized carbons (Fsp3) is 0.350. The first-order valence-electron chi connectivity index (χ1n) is 9.22. The Balaban J connectivity index is 1.84. The van der Waals surface area contributed by atoms with Crippen molar-refractivity contribution >= 4 is 18.2 Å². The normalized spacial score (nSPS) is 19.6. The molecule has 160 valence electrons. The average molecular weight is 422 g/mol. The number of nitrogens with zero attached hydrogens (tertiary/aromatic N) is 3. The number of aldehydes is 1. The van der Waals surface area contributed by atoms with Crippen LogP contribution in [-0.4, -0.2) is 59.7 Å². The number of carboxylic acid groups (broad SMARTS) is 1. The number of carbonyl (C=O) groups excluding carboxylic acids is 1. The molecule has 1 aliphatic rings. The number of hydrogen-bond acceptors (Lipinski definition) is 5. The lowest BCUT2D eigenvalue weighted by molar-refractivity contribution is -0.137. The SMILES string of the molecule is CNC1(CC=O)CN(c2ccc(-c3cccc(C(F)(F)F)c3)cn2)CCN1C(=O)O. The van der Waals surface area contributed by atoms with Crippen molar-refractivity contribution in [1.29, 1.82) is 0 Å². The van der Waals surface area contributed by atoms with Crippen LogP contribution in [0.1, 0.15) is 12.0 Å². The van der Waals surface area contributed by atoms with E-state index in [9.17, 15) is 27.9 Å². The first-order chi connectivity index (χ1) is 14.2. The summed E-state index contributed by atoms with van der Waals surface area (Å²) in [6.07, 6.45) is -3.44. The summed E-state index contributed by atoms with van der Waals surface area (Å²) in [5, 5.41) is 12.4. The van der Waals surface area contributed by atoms with Gasteiger partial charge in [-0.25, -0.2) is 9.78 Å². The van der Waals surface area contributed by atoms with Crippen LogP contribution in [-0.2, 0) is 11.0 Å². The van der Waals surface area contributed by atoms with E-state index in [0.29, 0.717) is 29.8 Å². The standard InChI is InChI=1S/C20H21F3N4O3/c1-24-19(7-10-28)13-26(8-9-27(19)18(29)30)17-6-5-15(12-25-17)14-3-2-4-16(11-14)20(21,22)23/h2-6,10-12,24H,7-9,13H2,1H3,(H,29,30). The van der Waals surface area contributed by atoms with Gasteiger partial charge in [-0.3, -0.25) is 10.2 Å². The number of nitrogens with one attached hydrogen (secondary N) is 1. The van der Waals surface area contributed by atoms with Crippen molar-refractivity contribution in [3.8, 4) is 11.1 Å². The second kappa shape index (κ2) is 8.31. The lowest BCUT2D eigenvalue weighted by Gasteiger charge is -2.49. The molecule has 1 fully saturated rings. The Morgan fingerprint density at radius 2 is 2.03 bits per heavy atom. The maximum atomic E-state index is 12.9. The van der Waals surface area contributed by atoms with Crippen LogP contribution in [0.4, 0.5) is 23.8 Å². The Kier molecular flexibility index (Phi) is 5.97. The highest BCUT2D eigenvalue weighted by Gasteiger charge is 2.43. The van der Waals surface area contributed by atoms with E-state index in [1.807, 2.05) is 4.90 Å². The molecule has 1 aromatic carbocycles. The topological polar surface area (TPSA) is 85.8 Å². The highest BCUT2D eigenvalue weighted by molar-refractivity contribution is 5.69. The van der Waals surface area contributed by atoms with Gasteiger partial charge in [-0.05, 0) is 36.9 Å². The zero-order chi connectivity index (χ0) is 21.9. The Morgan fingerprint density at radius 1 is 1.27 bits per heavy atom. The molecule has 3 rings (SSSR count). The minimum absolute atomic E-state index is 0.0331. The molecule has 0 radical (unpaired) electrons. The number of halogens is 3. The lowest BCUT2D eigenvalue weighted by Crippen LogP contribution is -2.70. The van der Waals surface area contributed by atoms with Gasteiger partial charge in [0.15, 0.2) is 0 Å². The van der Waals surface area contributed by atoms with Crippen LogP contribution in [0.15, 0.2) is 42.6 Å². The van der Waals surface area contributed by atoms with Crippen molar-refractivity contribution in [3.05, 3.63) is 48.2 Å². The number of amides is 1. The quantitative estimate of drug-likeness (QED) is 0.721. The van der Waals surface area contributed by atoms with Gasteiger partial charge >= 0.3 is 12.3 Å². The van der Waals surface area contributed by atoms with Crippen LogP contribution in [0.5, 0.6) is 0 Å². The number of rotatable bonds is 5. The summed E-state index contributed by atoms with van der Waals surface area (Å²) in [5.74, 6) is 0.543. The van der Waals surface area contributed by atoms with Crippen molar-refractivity contribution < 1.29 is 27.9 Å². The highest BCUT2D eigenvalue weighted by Crippen LogP contribution is 2.32. The summed E-state index contributed by atoms with van der Waals surface area (Å²) in [6.45, 7) is 0.732. The molecule has 0 bridgehead atoms. The Bertz CT molecular complexity index is 920. The number of carbonyl (C=O) groups is 2. The third-order valence-corrected chi connectivity index (χ3v) is 5.28. The molecule has 1 aliphatic heterocycles. The van der Waals surface area contributed by atoms with E-state index in [4.69, 9.17) is 0 Å². The van der Waals surface area contributed by atoms with Gasteiger partial charge in [-0.2, -0.15) is 13.2 Å². The second-order valence-electron chi connectivity index (χ2n) is 6.99. The van der Waals surface area contributed by atoms with Gasteiger partial charge in [0.25, 0.3) is 0 Å². The molecular formula is C20H21F3N4O3. The van der Waals surface area contributed by atoms with E-state index in [-0.39, 0.29) is 19.5 Å². The third-order valence-electron chi connectivity index (χ3n) is 5.28. The van der Waals surface area contributed by atoms with Crippen LogP contribution in [0.3, 0.4) is 0 Å². The van der Waals surface area contributed by atoms with Gasteiger partial charge in [0, 0.05) is 31.3 Å². The molecule has 0 aliphatic carbocycles. The van der Waals surface area contributed by atoms with Crippen LogP contribution in [0.25, 0.3) is 11.1 Å². The molecule has 2 heterocycles. The first-order valence-corrected chi connectivity index (χ1v) is 9.22. The monoisotopic (exact) mass is 422 g/mol. The Labute approximate surface area is 171 Å². The van der Waals surface area contributed by atoms with Crippen LogP contribution in [0.2, 0.25) is 0 Å². The maximum absolute atomic E-state index is 12.9. The van der Waals surface area contributed by atoms with Crippen molar-refractivity contribution in [3.63, 3.8) is 0 Å².